The van der Waals surface area contributed by atoms with Crippen molar-refractivity contribution in [2.24, 2.45) is 7.05 Å². The van der Waals surface area contributed by atoms with Crippen LogP contribution in [0.2, 0.25) is 0 Å². The van der Waals surface area contributed by atoms with Gasteiger partial charge in [0.25, 0.3) is 11.1 Å². The number of aryl methyl sites for hydroxylation is 3. The molecule has 2 heterocycles. The van der Waals surface area contributed by atoms with Gasteiger partial charge < -0.3 is 4.57 Å². The van der Waals surface area contributed by atoms with Gasteiger partial charge in [-0.3, -0.25) is 9.59 Å². The molecule has 2 amide bonds. The number of hydrogen-bond donors (Lipinski definition) is 0. The summed E-state index contributed by atoms with van der Waals surface area (Å²) in [6, 6.07) is 13.7. The highest BCUT2D eigenvalue weighted by atomic mass is 32.2. The van der Waals surface area contributed by atoms with Gasteiger partial charge in [0.05, 0.1) is 10.6 Å². The molecule has 4 rings (SSSR count). The first-order chi connectivity index (χ1) is 12.5. The molecule has 0 aliphatic carbocycles. The molecular weight excluding hydrogens is 344 g/mol. The molecule has 1 fully saturated rings. The van der Waals surface area contributed by atoms with Crippen molar-refractivity contribution >= 4 is 45.6 Å². The second kappa shape index (κ2) is 6.18. The molecule has 0 unspecified atom stereocenters. The van der Waals surface area contributed by atoms with E-state index in [1.54, 1.807) is 0 Å². The molecule has 2 aromatic carbocycles. The normalized spacial score (nSPS) is 16.3. The molecule has 1 aromatic heterocycles. The summed E-state index contributed by atoms with van der Waals surface area (Å²) in [5.74, 6) is -0.264. The number of para-hydroxylation sites is 1. The van der Waals surface area contributed by atoms with E-state index in [0.717, 1.165) is 39.4 Å². The minimum absolute atomic E-state index is 0.256. The van der Waals surface area contributed by atoms with Crippen LogP contribution in [0.4, 0.5) is 10.5 Å². The summed E-state index contributed by atoms with van der Waals surface area (Å²) in [7, 11) is 1.97. The predicted octanol–water partition coefficient (Wildman–Crippen LogP) is 5.04. The monoisotopic (exact) mass is 362 g/mol. The molecule has 0 N–H and O–H groups in total. The maximum atomic E-state index is 12.9. The summed E-state index contributed by atoms with van der Waals surface area (Å²) in [5.41, 5.74) is 4.70. The SMILES string of the molecule is Cc1ccc(N2C(=O)S/C(=C\c3cn(C)c4ccccc34)C2=O)c(C)c1. The van der Waals surface area contributed by atoms with Gasteiger partial charge in [-0.15, -0.1) is 0 Å². The van der Waals surface area contributed by atoms with E-state index in [4.69, 9.17) is 0 Å². The molecule has 0 bridgehead atoms. The molecule has 1 aliphatic rings. The summed E-state index contributed by atoms with van der Waals surface area (Å²) >= 11 is 0.991. The number of fused-ring (bicyclic) bond motifs is 1. The van der Waals surface area contributed by atoms with Crippen molar-refractivity contribution in [1.82, 2.24) is 4.57 Å². The zero-order valence-electron chi connectivity index (χ0n) is 14.8. The molecule has 3 aromatic rings. The second-order valence-electron chi connectivity index (χ2n) is 6.52. The Labute approximate surface area is 156 Å². The Bertz CT molecular complexity index is 1090. The minimum atomic E-state index is -0.264. The molecule has 0 radical (unpaired) electrons. The van der Waals surface area contributed by atoms with Gasteiger partial charge >= 0.3 is 0 Å². The Hall–Kier alpha value is -2.79. The lowest BCUT2D eigenvalue weighted by Gasteiger charge is -2.15. The molecule has 0 saturated carbocycles. The van der Waals surface area contributed by atoms with Gasteiger partial charge in [0.1, 0.15) is 0 Å². The fraction of sp³-hybridized carbons (Fsp3) is 0.143. The highest BCUT2D eigenvalue weighted by Crippen LogP contribution is 2.38. The van der Waals surface area contributed by atoms with Crippen LogP contribution in [-0.4, -0.2) is 15.7 Å². The molecule has 0 atom stereocenters. The minimum Gasteiger partial charge on any atom is -0.350 e. The largest absolute Gasteiger partial charge is 0.350 e. The number of hydrogen-bond acceptors (Lipinski definition) is 3. The van der Waals surface area contributed by atoms with Gasteiger partial charge in [0.2, 0.25) is 0 Å². The van der Waals surface area contributed by atoms with Gasteiger partial charge in [0.15, 0.2) is 0 Å². The molecule has 1 saturated heterocycles. The third-order valence-corrected chi connectivity index (χ3v) is 5.47. The first-order valence-electron chi connectivity index (χ1n) is 8.35. The van der Waals surface area contributed by atoms with E-state index in [1.807, 2.05) is 80.2 Å². The lowest BCUT2D eigenvalue weighted by atomic mass is 10.1. The first-order valence-corrected chi connectivity index (χ1v) is 9.16. The van der Waals surface area contributed by atoms with Crippen LogP contribution in [0.1, 0.15) is 16.7 Å². The number of nitrogens with zero attached hydrogens (tertiary/aromatic N) is 2. The van der Waals surface area contributed by atoms with Crippen LogP contribution in [0.15, 0.2) is 53.6 Å². The number of carbonyl (C=O) groups is 2. The van der Waals surface area contributed by atoms with Gasteiger partial charge in [-0.05, 0) is 49.4 Å². The fourth-order valence-electron chi connectivity index (χ4n) is 3.36. The van der Waals surface area contributed by atoms with Crippen molar-refractivity contribution in [3.05, 3.63) is 70.3 Å². The van der Waals surface area contributed by atoms with Crippen LogP contribution < -0.4 is 4.90 Å². The Balaban J connectivity index is 1.76. The van der Waals surface area contributed by atoms with Crippen LogP contribution in [0.3, 0.4) is 0 Å². The van der Waals surface area contributed by atoms with E-state index in [0.29, 0.717) is 10.6 Å². The van der Waals surface area contributed by atoms with Crippen LogP contribution in [0, 0.1) is 13.8 Å². The number of benzene rings is 2. The Morgan fingerprint density at radius 1 is 1.04 bits per heavy atom. The second-order valence-corrected chi connectivity index (χ2v) is 7.51. The van der Waals surface area contributed by atoms with Crippen LogP contribution in [0.25, 0.3) is 17.0 Å². The maximum absolute atomic E-state index is 12.9. The van der Waals surface area contributed by atoms with Gasteiger partial charge in [-0.1, -0.05) is 35.9 Å². The van der Waals surface area contributed by atoms with Gasteiger partial charge in [0, 0.05) is 29.7 Å². The number of thioether (sulfide) groups is 1. The van der Waals surface area contributed by atoms with E-state index in [-0.39, 0.29) is 11.1 Å². The number of imide groups is 1. The number of carbonyl (C=O) groups excluding carboxylic acids is 2. The molecule has 130 valence electrons. The topological polar surface area (TPSA) is 42.3 Å². The highest BCUT2D eigenvalue weighted by Gasteiger charge is 2.37. The molecule has 5 heteroatoms. The predicted molar refractivity (Wildman–Crippen MR) is 107 cm³/mol. The number of amides is 2. The van der Waals surface area contributed by atoms with Gasteiger partial charge in [-0.25, -0.2) is 4.90 Å². The summed E-state index contributed by atoms with van der Waals surface area (Å²) in [6.07, 6.45) is 3.80. The Morgan fingerprint density at radius 2 is 1.81 bits per heavy atom. The number of anilines is 1. The van der Waals surface area contributed by atoms with Crippen molar-refractivity contribution in [2.45, 2.75) is 13.8 Å². The van der Waals surface area contributed by atoms with Crippen molar-refractivity contribution in [1.29, 1.82) is 0 Å². The van der Waals surface area contributed by atoms with Crippen molar-refractivity contribution < 1.29 is 9.59 Å². The van der Waals surface area contributed by atoms with Crippen molar-refractivity contribution in [3.63, 3.8) is 0 Å². The standard InChI is InChI=1S/C21H18N2O2S/c1-13-8-9-17(14(2)10-13)23-20(24)19(26-21(23)25)11-15-12-22(3)18-7-5-4-6-16(15)18/h4-12H,1-3H3/b19-11-. The average molecular weight is 362 g/mol. The lowest BCUT2D eigenvalue weighted by Crippen LogP contribution is -2.28. The van der Waals surface area contributed by atoms with Crippen molar-refractivity contribution in [2.75, 3.05) is 4.90 Å². The molecule has 0 spiro atoms. The quantitative estimate of drug-likeness (QED) is 0.600. The molecule has 26 heavy (non-hydrogen) atoms. The first kappa shape index (κ1) is 16.7. The Morgan fingerprint density at radius 3 is 2.58 bits per heavy atom. The zero-order chi connectivity index (χ0) is 18.4. The third kappa shape index (κ3) is 2.65. The summed E-state index contributed by atoms with van der Waals surface area (Å²) in [5, 5.41) is 0.807. The highest BCUT2D eigenvalue weighted by molar-refractivity contribution is 8.19. The lowest BCUT2D eigenvalue weighted by molar-refractivity contribution is -0.113. The van der Waals surface area contributed by atoms with E-state index in [9.17, 15) is 9.59 Å². The average Bonchev–Trinajstić information content (AvgIpc) is 3.06. The number of rotatable bonds is 2. The van der Waals surface area contributed by atoms with Crippen LogP contribution in [0.5, 0.6) is 0 Å². The summed E-state index contributed by atoms with van der Waals surface area (Å²) in [4.78, 5) is 27.1. The maximum Gasteiger partial charge on any atom is 0.298 e. The molecular formula is C21H18N2O2S. The van der Waals surface area contributed by atoms with Gasteiger partial charge in [-0.2, -0.15) is 0 Å². The summed E-state index contributed by atoms with van der Waals surface area (Å²) < 4.78 is 2.02. The van der Waals surface area contributed by atoms with E-state index >= 15 is 0 Å². The van der Waals surface area contributed by atoms with Crippen LogP contribution in [-0.2, 0) is 11.8 Å². The van der Waals surface area contributed by atoms with E-state index < -0.39 is 0 Å². The van der Waals surface area contributed by atoms with Crippen LogP contribution >= 0.6 is 11.8 Å². The Kier molecular flexibility index (Phi) is 3.96. The third-order valence-electron chi connectivity index (χ3n) is 4.60. The van der Waals surface area contributed by atoms with E-state index in [2.05, 4.69) is 0 Å². The van der Waals surface area contributed by atoms with E-state index in [1.165, 1.54) is 4.90 Å². The van der Waals surface area contributed by atoms with Crippen molar-refractivity contribution in [3.8, 4) is 0 Å². The number of aromatic nitrogens is 1. The summed E-state index contributed by atoms with van der Waals surface area (Å²) in [6.45, 7) is 3.91. The molecule has 1 aliphatic heterocycles. The zero-order valence-corrected chi connectivity index (χ0v) is 15.6. The molecule has 4 nitrogen and oxygen atoms in total. The fourth-order valence-corrected chi connectivity index (χ4v) is 4.19. The smallest absolute Gasteiger partial charge is 0.298 e.